The number of aliphatic imine (C=N–C) groups is 1. The largest absolute Gasteiger partial charge is 0.373 e. The van der Waals surface area contributed by atoms with E-state index in [4.69, 9.17) is 9.73 Å². The number of unbranched alkanes of at least 4 members (excludes halogenated alkanes) is 1. The number of hydrogen-bond acceptors (Lipinski definition) is 2. The normalized spacial score (nSPS) is 27.6. The number of rotatable bonds is 6. The zero-order valence-corrected chi connectivity index (χ0v) is 17.0. The maximum atomic E-state index is 5.90. The van der Waals surface area contributed by atoms with Crippen molar-refractivity contribution in [3.05, 3.63) is 0 Å². The van der Waals surface area contributed by atoms with Gasteiger partial charge in [0, 0.05) is 13.1 Å². The van der Waals surface area contributed by atoms with Crippen LogP contribution in [-0.2, 0) is 4.74 Å². The third-order valence-electron chi connectivity index (χ3n) is 4.38. The second-order valence-electron chi connectivity index (χ2n) is 7.64. The summed E-state index contributed by atoms with van der Waals surface area (Å²) in [5, 5.41) is 6.93. The number of nitrogens with one attached hydrogen (secondary N) is 2. The first-order chi connectivity index (χ1) is 9.98. The highest BCUT2D eigenvalue weighted by molar-refractivity contribution is 14.0. The standard InChI is InChI=1S/C17H33N3O.HI/c1-5-18-16(19-11-7-6-10-17(2,3)4)20-14-12-13-8-9-15(14)21-13;/h13-15H,5-12H2,1-4H3,(H2,18,19,20);1H. The lowest BCUT2D eigenvalue weighted by atomic mass is 9.90. The van der Waals surface area contributed by atoms with Crippen LogP contribution in [-0.4, -0.2) is 37.3 Å². The Kier molecular flexibility index (Phi) is 8.46. The first-order valence-corrected chi connectivity index (χ1v) is 8.68. The Morgan fingerprint density at radius 1 is 1.23 bits per heavy atom. The fourth-order valence-corrected chi connectivity index (χ4v) is 3.24. The molecule has 2 heterocycles. The van der Waals surface area contributed by atoms with E-state index in [1.165, 1.54) is 32.1 Å². The van der Waals surface area contributed by atoms with E-state index in [0.717, 1.165) is 25.5 Å². The summed E-state index contributed by atoms with van der Waals surface area (Å²) in [5.41, 5.74) is 0.437. The predicted molar refractivity (Wildman–Crippen MR) is 104 cm³/mol. The Morgan fingerprint density at radius 2 is 2.00 bits per heavy atom. The molecule has 0 aromatic rings. The molecule has 0 amide bonds. The average molecular weight is 423 g/mol. The average Bonchev–Trinajstić information content (AvgIpc) is 2.99. The lowest BCUT2D eigenvalue weighted by molar-refractivity contribution is 0.0992. The summed E-state index contributed by atoms with van der Waals surface area (Å²) in [5.74, 6) is 0.967. The molecular formula is C17H34IN3O. The van der Waals surface area contributed by atoms with Crippen molar-refractivity contribution in [2.75, 3.05) is 13.1 Å². The zero-order valence-electron chi connectivity index (χ0n) is 14.7. The summed E-state index contributed by atoms with van der Waals surface area (Å²) >= 11 is 0. The molecule has 2 aliphatic rings. The van der Waals surface area contributed by atoms with E-state index in [0.29, 0.717) is 23.7 Å². The quantitative estimate of drug-likeness (QED) is 0.297. The van der Waals surface area contributed by atoms with Crippen LogP contribution in [0.25, 0.3) is 0 Å². The van der Waals surface area contributed by atoms with Gasteiger partial charge in [-0.1, -0.05) is 27.2 Å². The summed E-state index contributed by atoms with van der Waals surface area (Å²) in [6.07, 6.45) is 8.16. The molecule has 2 rings (SSSR count). The summed E-state index contributed by atoms with van der Waals surface area (Å²) in [6, 6.07) is 0.455. The fraction of sp³-hybridized carbons (Fsp3) is 0.941. The molecule has 0 radical (unpaired) electrons. The van der Waals surface area contributed by atoms with Crippen LogP contribution in [0.15, 0.2) is 4.99 Å². The SMILES string of the molecule is CCNC(=NCCCCC(C)(C)C)NC1CC2CCC1O2.I. The Morgan fingerprint density at radius 3 is 2.55 bits per heavy atom. The van der Waals surface area contributed by atoms with Gasteiger partial charge in [0.2, 0.25) is 0 Å². The van der Waals surface area contributed by atoms with Gasteiger partial charge < -0.3 is 15.4 Å². The Balaban J connectivity index is 0.00000242. The molecule has 0 saturated carbocycles. The lowest BCUT2D eigenvalue weighted by Crippen LogP contribution is -2.47. The van der Waals surface area contributed by atoms with E-state index in [1.54, 1.807) is 0 Å². The number of guanidine groups is 1. The van der Waals surface area contributed by atoms with Gasteiger partial charge in [-0.05, 0) is 44.4 Å². The van der Waals surface area contributed by atoms with Crippen molar-refractivity contribution in [1.82, 2.24) is 10.6 Å². The maximum Gasteiger partial charge on any atom is 0.191 e. The van der Waals surface area contributed by atoms with Gasteiger partial charge in [-0.15, -0.1) is 24.0 Å². The summed E-state index contributed by atoms with van der Waals surface area (Å²) in [4.78, 5) is 4.72. The Hall–Kier alpha value is -0.0400. The van der Waals surface area contributed by atoms with Gasteiger partial charge in [-0.3, -0.25) is 4.99 Å². The first-order valence-electron chi connectivity index (χ1n) is 8.68. The van der Waals surface area contributed by atoms with E-state index in [-0.39, 0.29) is 24.0 Å². The van der Waals surface area contributed by atoms with Crippen molar-refractivity contribution in [2.24, 2.45) is 10.4 Å². The molecule has 2 bridgehead atoms. The van der Waals surface area contributed by atoms with Gasteiger partial charge in [-0.25, -0.2) is 0 Å². The molecule has 0 spiro atoms. The minimum absolute atomic E-state index is 0. The summed E-state index contributed by atoms with van der Waals surface area (Å²) in [6.45, 7) is 10.8. The second kappa shape index (κ2) is 9.30. The molecular weight excluding hydrogens is 389 g/mol. The van der Waals surface area contributed by atoms with Crippen molar-refractivity contribution in [3.63, 3.8) is 0 Å². The Bertz CT molecular complexity index is 354. The number of nitrogens with zero attached hydrogens (tertiary/aromatic N) is 1. The lowest BCUT2D eigenvalue weighted by Gasteiger charge is -2.22. The highest BCUT2D eigenvalue weighted by Gasteiger charge is 2.41. The summed E-state index contributed by atoms with van der Waals surface area (Å²) < 4.78 is 5.90. The molecule has 3 atom stereocenters. The van der Waals surface area contributed by atoms with Crippen molar-refractivity contribution in [2.45, 2.75) is 84.5 Å². The van der Waals surface area contributed by atoms with Crippen LogP contribution in [0.3, 0.4) is 0 Å². The molecule has 2 fully saturated rings. The maximum absolute atomic E-state index is 5.90. The predicted octanol–water partition coefficient (Wildman–Crippen LogP) is 3.70. The van der Waals surface area contributed by atoms with Gasteiger partial charge in [0.1, 0.15) is 0 Å². The number of halogens is 1. The molecule has 0 aromatic heterocycles. The monoisotopic (exact) mass is 423 g/mol. The molecule has 22 heavy (non-hydrogen) atoms. The molecule has 0 aromatic carbocycles. The van der Waals surface area contributed by atoms with Crippen LogP contribution in [0.4, 0.5) is 0 Å². The van der Waals surface area contributed by atoms with Crippen molar-refractivity contribution < 1.29 is 4.74 Å². The molecule has 2 N–H and O–H groups in total. The van der Waals surface area contributed by atoms with Crippen LogP contribution in [0.1, 0.15) is 66.2 Å². The van der Waals surface area contributed by atoms with Crippen molar-refractivity contribution in [3.8, 4) is 0 Å². The molecule has 3 unspecified atom stereocenters. The van der Waals surface area contributed by atoms with Crippen LogP contribution in [0.5, 0.6) is 0 Å². The van der Waals surface area contributed by atoms with Gasteiger partial charge in [-0.2, -0.15) is 0 Å². The van der Waals surface area contributed by atoms with E-state index in [2.05, 4.69) is 38.3 Å². The molecule has 0 aliphatic carbocycles. The molecule has 2 aliphatic heterocycles. The smallest absolute Gasteiger partial charge is 0.191 e. The van der Waals surface area contributed by atoms with Gasteiger partial charge in [0.05, 0.1) is 18.2 Å². The van der Waals surface area contributed by atoms with Crippen LogP contribution in [0, 0.1) is 5.41 Å². The Labute approximate surface area is 153 Å². The fourth-order valence-electron chi connectivity index (χ4n) is 3.24. The number of hydrogen-bond donors (Lipinski definition) is 2. The first kappa shape index (κ1) is 20.0. The van der Waals surface area contributed by atoms with Gasteiger partial charge in [0.15, 0.2) is 5.96 Å². The van der Waals surface area contributed by atoms with Crippen LogP contribution < -0.4 is 10.6 Å². The van der Waals surface area contributed by atoms with Crippen LogP contribution in [0.2, 0.25) is 0 Å². The van der Waals surface area contributed by atoms with Crippen molar-refractivity contribution >= 4 is 29.9 Å². The van der Waals surface area contributed by atoms with Gasteiger partial charge in [0.25, 0.3) is 0 Å². The van der Waals surface area contributed by atoms with E-state index in [9.17, 15) is 0 Å². The molecule has 5 heteroatoms. The molecule has 130 valence electrons. The third kappa shape index (κ3) is 6.60. The van der Waals surface area contributed by atoms with Crippen LogP contribution >= 0.6 is 24.0 Å². The van der Waals surface area contributed by atoms with E-state index < -0.39 is 0 Å². The molecule has 4 nitrogen and oxygen atoms in total. The van der Waals surface area contributed by atoms with E-state index in [1.807, 2.05) is 0 Å². The van der Waals surface area contributed by atoms with Gasteiger partial charge >= 0.3 is 0 Å². The highest BCUT2D eigenvalue weighted by atomic mass is 127. The summed E-state index contributed by atoms with van der Waals surface area (Å²) in [7, 11) is 0. The van der Waals surface area contributed by atoms with E-state index >= 15 is 0 Å². The second-order valence-corrected chi connectivity index (χ2v) is 7.64. The zero-order chi connectivity index (χ0) is 15.3. The number of fused-ring (bicyclic) bond motifs is 2. The highest BCUT2D eigenvalue weighted by Crippen LogP contribution is 2.34. The third-order valence-corrected chi connectivity index (χ3v) is 4.38. The molecule has 2 saturated heterocycles. The minimum Gasteiger partial charge on any atom is -0.373 e. The topological polar surface area (TPSA) is 45.7 Å². The van der Waals surface area contributed by atoms with Crippen molar-refractivity contribution in [1.29, 1.82) is 0 Å². The minimum atomic E-state index is 0. The number of ether oxygens (including phenoxy) is 1.